The first-order valence-corrected chi connectivity index (χ1v) is 6.87. The van der Waals surface area contributed by atoms with Crippen molar-refractivity contribution in [3.05, 3.63) is 29.6 Å². The van der Waals surface area contributed by atoms with E-state index in [1.165, 1.54) is 13.2 Å². The highest BCUT2D eigenvalue weighted by Crippen LogP contribution is 2.24. The molecular weight excluding hydrogens is 245 g/mol. The maximum Gasteiger partial charge on any atom is 0.131 e. The Bertz CT molecular complexity index is 371. The van der Waals surface area contributed by atoms with Crippen molar-refractivity contribution in [3.8, 4) is 5.75 Å². The van der Waals surface area contributed by atoms with Gasteiger partial charge in [-0.25, -0.2) is 4.39 Å². The van der Waals surface area contributed by atoms with Crippen LogP contribution in [0.4, 0.5) is 4.39 Å². The summed E-state index contributed by atoms with van der Waals surface area (Å²) in [5.41, 5.74) is 0.669. The van der Waals surface area contributed by atoms with Crippen molar-refractivity contribution in [2.24, 2.45) is 0 Å². The van der Waals surface area contributed by atoms with E-state index in [2.05, 4.69) is 12.2 Å². The quantitative estimate of drug-likeness (QED) is 0.698. The molecule has 108 valence electrons. The topological polar surface area (TPSA) is 30.5 Å². The molecule has 0 amide bonds. The van der Waals surface area contributed by atoms with Crippen LogP contribution in [0.25, 0.3) is 0 Å². The second-order valence-corrected chi connectivity index (χ2v) is 4.40. The summed E-state index contributed by atoms with van der Waals surface area (Å²) >= 11 is 0. The number of methoxy groups -OCH3 is 1. The van der Waals surface area contributed by atoms with Gasteiger partial charge in [0.05, 0.1) is 7.11 Å². The summed E-state index contributed by atoms with van der Waals surface area (Å²) in [6, 6.07) is 4.97. The SMILES string of the molecule is CCCOCCC(NCC)c1ccc(OC)cc1F. The largest absolute Gasteiger partial charge is 0.497 e. The van der Waals surface area contributed by atoms with Crippen molar-refractivity contribution in [1.29, 1.82) is 0 Å². The van der Waals surface area contributed by atoms with Gasteiger partial charge in [0.1, 0.15) is 11.6 Å². The van der Waals surface area contributed by atoms with Crippen molar-refractivity contribution in [3.63, 3.8) is 0 Å². The molecule has 0 bridgehead atoms. The van der Waals surface area contributed by atoms with Crippen molar-refractivity contribution in [2.75, 3.05) is 26.9 Å². The average Bonchev–Trinajstić information content (AvgIpc) is 2.42. The van der Waals surface area contributed by atoms with Crippen LogP contribution in [0.15, 0.2) is 18.2 Å². The summed E-state index contributed by atoms with van der Waals surface area (Å²) in [5, 5.41) is 3.29. The van der Waals surface area contributed by atoms with Gasteiger partial charge in [0.25, 0.3) is 0 Å². The summed E-state index contributed by atoms with van der Waals surface area (Å²) in [6.07, 6.45) is 1.76. The van der Waals surface area contributed by atoms with Gasteiger partial charge >= 0.3 is 0 Å². The molecule has 0 heterocycles. The molecule has 0 aliphatic rings. The molecule has 1 N–H and O–H groups in total. The average molecular weight is 269 g/mol. The van der Waals surface area contributed by atoms with Gasteiger partial charge in [0.2, 0.25) is 0 Å². The second-order valence-electron chi connectivity index (χ2n) is 4.40. The second kappa shape index (κ2) is 8.88. The maximum absolute atomic E-state index is 14.0. The van der Waals surface area contributed by atoms with Gasteiger partial charge in [0.15, 0.2) is 0 Å². The van der Waals surface area contributed by atoms with E-state index in [0.717, 1.165) is 26.0 Å². The number of ether oxygens (including phenoxy) is 2. The minimum Gasteiger partial charge on any atom is -0.497 e. The highest BCUT2D eigenvalue weighted by molar-refractivity contribution is 5.30. The number of halogens is 1. The number of hydrogen-bond acceptors (Lipinski definition) is 3. The molecule has 0 saturated carbocycles. The van der Waals surface area contributed by atoms with Gasteiger partial charge in [-0.2, -0.15) is 0 Å². The third-order valence-electron chi connectivity index (χ3n) is 2.93. The van der Waals surface area contributed by atoms with Crippen LogP contribution in [-0.4, -0.2) is 26.9 Å². The van der Waals surface area contributed by atoms with Crippen LogP contribution in [0.2, 0.25) is 0 Å². The van der Waals surface area contributed by atoms with E-state index in [4.69, 9.17) is 9.47 Å². The minimum absolute atomic E-state index is 0.0206. The van der Waals surface area contributed by atoms with Crippen LogP contribution in [0.5, 0.6) is 5.75 Å². The highest BCUT2D eigenvalue weighted by Gasteiger charge is 2.15. The van der Waals surface area contributed by atoms with Crippen molar-refractivity contribution in [1.82, 2.24) is 5.32 Å². The summed E-state index contributed by atoms with van der Waals surface area (Å²) in [6.45, 7) is 6.27. The Labute approximate surface area is 115 Å². The Balaban J connectivity index is 2.69. The predicted molar refractivity (Wildman–Crippen MR) is 75.1 cm³/mol. The molecular formula is C15H24FNO2. The van der Waals surface area contributed by atoms with Gasteiger partial charge in [-0.3, -0.25) is 0 Å². The lowest BCUT2D eigenvalue weighted by atomic mass is 10.0. The molecule has 0 aliphatic heterocycles. The lowest BCUT2D eigenvalue weighted by molar-refractivity contribution is 0.124. The van der Waals surface area contributed by atoms with Gasteiger partial charge in [-0.05, 0) is 25.5 Å². The van der Waals surface area contributed by atoms with Crippen molar-refractivity contribution in [2.45, 2.75) is 32.7 Å². The van der Waals surface area contributed by atoms with E-state index in [9.17, 15) is 4.39 Å². The zero-order valence-corrected chi connectivity index (χ0v) is 12.0. The lowest BCUT2D eigenvalue weighted by Crippen LogP contribution is -2.23. The molecule has 1 aromatic carbocycles. The van der Waals surface area contributed by atoms with E-state index >= 15 is 0 Å². The van der Waals surface area contributed by atoms with Crippen LogP contribution >= 0.6 is 0 Å². The van der Waals surface area contributed by atoms with Gasteiger partial charge < -0.3 is 14.8 Å². The Morgan fingerprint density at radius 3 is 2.63 bits per heavy atom. The molecule has 19 heavy (non-hydrogen) atoms. The molecule has 0 aromatic heterocycles. The van der Waals surface area contributed by atoms with Gasteiger partial charge in [-0.1, -0.05) is 19.9 Å². The third-order valence-corrected chi connectivity index (χ3v) is 2.93. The van der Waals surface area contributed by atoms with E-state index in [-0.39, 0.29) is 11.9 Å². The van der Waals surface area contributed by atoms with Crippen LogP contribution in [0.1, 0.15) is 38.3 Å². The fraction of sp³-hybridized carbons (Fsp3) is 0.600. The number of rotatable bonds is 9. The molecule has 4 heteroatoms. The molecule has 0 saturated heterocycles. The van der Waals surface area contributed by atoms with Crippen LogP contribution < -0.4 is 10.1 Å². The van der Waals surface area contributed by atoms with E-state index < -0.39 is 0 Å². The van der Waals surface area contributed by atoms with Gasteiger partial charge in [0, 0.05) is 30.9 Å². The normalized spacial score (nSPS) is 12.4. The van der Waals surface area contributed by atoms with Crippen molar-refractivity contribution < 1.29 is 13.9 Å². The smallest absolute Gasteiger partial charge is 0.131 e. The summed E-state index contributed by atoms with van der Waals surface area (Å²) < 4.78 is 24.5. The molecule has 0 aliphatic carbocycles. The molecule has 0 spiro atoms. The Morgan fingerprint density at radius 1 is 1.26 bits per heavy atom. The molecule has 1 aromatic rings. The lowest BCUT2D eigenvalue weighted by Gasteiger charge is -2.19. The van der Waals surface area contributed by atoms with E-state index in [1.807, 2.05) is 6.92 Å². The van der Waals surface area contributed by atoms with Crippen molar-refractivity contribution >= 4 is 0 Å². The molecule has 1 atom stereocenters. The predicted octanol–water partition coefficient (Wildman–Crippen LogP) is 3.30. The zero-order chi connectivity index (χ0) is 14.1. The third kappa shape index (κ3) is 5.17. The monoisotopic (exact) mass is 269 g/mol. The number of nitrogens with one attached hydrogen (secondary N) is 1. The van der Waals surface area contributed by atoms with Crippen LogP contribution in [0, 0.1) is 5.82 Å². The Kier molecular flexibility index (Phi) is 7.45. The Hall–Kier alpha value is -1.13. The number of hydrogen-bond donors (Lipinski definition) is 1. The van der Waals surface area contributed by atoms with Gasteiger partial charge in [-0.15, -0.1) is 0 Å². The fourth-order valence-corrected chi connectivity index (χ4v) is 1.98. The molecule has 0 radical (unpaired) electrons. The fourth-order valence-electron chi connectivity index (χ4n) is 1.98. The standard InChI is InChI=1S/C15H24FNO2/c1-4-9-19-10-8-15(17-5-2)13-7-6-12(18-3)11-14(13)16/h6-7,11,15,17H,4-5,8-10H2,1-3H3. The summed E-state index contributed by atoms with van der Waals surface area (Å²) in [7, 11) is 1.54. The molecule has 3 nitrogen and oxygen atoms in total. The van der Waals surface area contributed by atoms with E-state index in [1.54, 1.807) is 12.1 Å². The summed E-state index contributed by atoms with van der Waals surface area (Å²) in [4.78, 5) is 0. The Morgan fingerprint density at radius 2 is 2.05 bits per heavy atom. The van der Waals surface area contributed by atoms with Crippen LogP contribution in [-0.2, 0) is 4.74 Å². The molecule has 1 rings (SSSR count). The summed E-state index contributed by atoms with van der Waals surface area (Å²) in [5.74, 6) is 0.305. The zero-order valence-electron chi connectivity index (χ0n) is 12.0. The molecule has 0 fully saturated rings. The highest BCUT2D eigenvalue weighted by atomic mass is 19.1. The minimum atomic E-state index is -0.235. The first kappa shape index (κ1) is 15.9. The first-order chi connectivity index (χ1) is 9.22. The molecule has 1 unspecified atom stereocenters. The van der Waals surface area contributed by atoms with Crippen LogP contribution in [0.3, 0.4) is 0 Å². The maximum atomic E-state index is 14.0. The number of benzene rings is 1. The van der Waals surface area contributed by atoms with E-state index in [0.29, 0.717) is 17.9 Å². The first-order valence-electron chi connectivity index (χ1n) is 6.87.